The second-order valence-corrected chi connectivity index (χ2v) is 6.71. The maximum atomic E-state index is 11.3. The second kappa shape index (κ2) is 6.37. The van der Waals surface area contributed by atoms with Gasteiger partial charge in [0, 0.05) is 18.6 Å². The first-order valence-electron chi connectivity index (χ1n) is 5.48. The highest BCUT2D eigenvalue weighted by molar-refractivity contribution is 7.98. The van der Waals surface area contributed by atoms with Gasteiger partial charge in [-0.05, 0) is 0 Å². The lowest BCUT2D eigenvalue weighted by Gasteiger charge is -1.98. The van der Waals surface area contributed by atoms with Gasteiger partial charge in [0.05, 0.1) is 18.3 Å². The third-order valence-corrected chi connectivity index (χ3v) is 4.69. The van der Waals surface area contributed by atoms with Crippen LogP contribution in [0.15, 0.2) is 9.98 Å². The summed E-state index contributed by atoms with van der Waals surface area (Å²) in [5.74, 6) is 2.29. The van der Waals surface area contributed by atoms with E-state index in [1.165, 1.54) is 7.05 Å². The molecule has 1 aromatic heterocycles. The minimum atomic E-state index is -3.54. The first-order valence-corrected chi connectivity index (χ1v) is 8.85. The number of nitrogens with one attached hydrogen (secondary N) is 2. The lowest BCUT2D eigenvalue weighted by atomic mass is 10.5. The van der Waals surface area contributed by atoms with E-state index in [9.17, 15) is 8.42 Å². The highest BCUT2D eigenvalue weighted by Gasteiger charge is 2.27. The van der Waals surface area contributed by atoms with Gasteiger partial charge in [-0.2, -0.15) is 28.9 Å². The molecule has 0 radical (unpaired) electrons. The molecule has 0 atom stereocenters. The van der Waals surface area contributed by atoms with Crippen molar-refractivity contribution < 1.29 is 8.42 Å². The van der Waals surface area contributed by atoms with Crippen LogP contribution in [0.25, 0.3) is 0 Å². The number of hydrogen-bond donors (Lipinski definition) is 3. The Labute approximate surface area is 124 Å². The van der Waals surface area contributed by atoms with Crippen LogP contribution in [0.1, 0.15) is 5.69 Å². The van der Waals surface area contributed by atoms with Gasteiger partial charge in [-0.25, -0.2) is 9.44 Å². The van der Waals surface area contributed by atoms with Gasteiger partial charge in [-0.1, -0.05) is 0 Å². The zero-order valence-electron chi connectivity index (χ0n) is 10.5. The second-order valence-electron chi connectivity index (χ2n) is 3.66. The van der Waals surface area contributed by atoms with Crippen molar-refractivity contribution in [1.82, 2.24) is 18.2 Å². The normalized spacial score (nSPS) is 21.1. The molecule has 1 fully saturated rings. The Hall–Kier alpha value is -1.40. The monoisotopic (exact) mass is 335 g/mol. The van der Waals surface area contributed by atoms with E-state index in [0.29, 0.717) is 23.9 Å². The van der Waals surface area contributed by atoms with Crippen molar-refractivity contribution >= 4 is 51.2 Å². The standard InChI is InChI=1S/C8H13N7O2S3/c1-10-7-8(15-20(16,17)14-7)11-2-3-18-4-5-6(9)13-19-12-5/h2-4H2,1H3,(H2,9,13)(H,10,14)(H,11,15). The molecule has 2 rings (SSSR count). The SMILES string of the molecule is CN=C1NS(=O)(=O)NC1=NCCSCc1nsnc1N. The number of nitrogens with zero attached hydrogens (tertiary/aromatic N) is 4. The Bertz CT molecular complexity index is 636. The lowest BCUT2D eigenvalue weighted by Crippen LogP contribution is -2.24. The van der Waals surface area contributed by atoms with Gasteiger partial charge in [0.25, 0.3) is 0 Å². The number of aromatic nitrogens is 2. The molecular formula is C8H13N7O2S3. The summed E-state index contributed by atoms with van der Waals surface area (Å²) in [7, 11) is -2.05. The van der Waals surface area contributed by atoms with E-state index in [0.717, 1.165) is 17.4 Å². The molecule has 2 heterocycles. The largest absolute Gasteiger partial charge is 0.381 e. The first-order chi connectivity index (χ1) is 9.52. The van der Waals surface area contributed by atoms with Crippen LogP contribution >= 0.6 is 23.5 Å². The summed E-state index contributed by atoms with van der Waals surface area (Å²) in [6.45, 7) is 0.459. The first kappa shape index (κ1) is 15.0. The van der Waals surface area contributed by atoms with Gasteiger partial charge in [0.1, 0.15) is 5.69 Å². The third kappa shape index (κ3) is 3.80. The number of hydrogen-bond acceptors (Lipinski definition) is 9. The van der Waals surface area contributed by atoms with Crippen LogP contribution in [-0.2, 0) is 16.0 Å². The molecule has 20 heavy (non-hydrogen) atoms. The molecular weight excluding hydrogens is 322 g/mol. The summed E-state index contributed by atoms with van der Waals surface area (Å²) in [6.07, 6.45) is 0. The van der Waals surface area contributed by atoms with Crippen molar-refractivity contribution in [2.75, 3.05) is 25.1 Å². The predicted octanol–water partition coefficient (Wildman–Crippen LogP) is -0.782. The number of rotatable bonds is 5. The van der Waals surface area contributed by atoms with Crippen molar-refractivity contribution in [1.29, 1.82) is 0 Å². The van der Waals surface area contributed by atoms with Crippen molar-refractivity contribution in [2.45, 2.75) is 5.75 Å². The van der Waals surface area contributed by atoms with Crippen LogP contribution in [-0.4, -0.2) is 48.2 Å². The molecule has 1 aliphatic rings. The number of thioether (sulfide) groups is 1. The molecule has 1 saturated heterocycles. The van der Waals surface area contributed by atoms with Crippen LogP contribution in [0.5, 0.6) is 0 Å². The minimum Gasteiger partial charge on any atom is -0.381 e. The number of aliphatic imine (C=N–C) groups is 2. The van der Waals surface area contributed by atoms with Crippen LogP contribution < -0.4 is 15.2 Å². The Morgan fingerprint density at radius 1 is 1.35 bits per heavy atom. The van der Waals surface area contributed by atoms with E-state index in [2.05, 4.69) is 28.2 Å². The van der Waals surface area contributed by atoms with Crippen LogP contribution in [0.2, 0.25) is 0 Å². The molecule has 0 spiro atoms. The average Bonchev–Trinajstić information content (AvgIpc) is 2.92. The van der Waals surface area contributed by atoms with E-state index in [1.54, 1.807) is 11.8 Å². The van der Waals surface area contributed by atoms with Crippen molar-refractivity contribution in [3.63, 3.8) is 0 Å². The number of nitrogen functional groups attached to an aromatic ring is 1. The fraction of sp³-hybridized carbons (Fsp3) is 0.500. The molecule has 12 heteroatoms. The van der Waals surface area contributed by atoms with E-state index < -0.39 is 10.2 Å². The Morgan fingerprint density at radius 3 is 2.75 bits per heavy atom. The molecule has 1 aliphatic heterocycles. The molecule has 0 unspecified atom stereocenters. The zero-order valence-corrected chi connectivity index (χ0v) is 13.0. The van der Waals surface area contributed by atoms with E-state index >= 15 is 0 Å². The maximum absolute atomic E-state index is 11.3. The Morgan fingerprint density at radius 2 is 2.10 bits per heavy atom. The number of nitrogens with two attached hydrogens (primary N) is 1. The number of anilines is 1. The van der Waals surface area contributed by atoms with Gasteiger partial charge < -0.3 is 5.73 Å². The van der Waals surface area contributed by atoms with Crippen LogP contribution in [0.4, 0.5) is 5.82 Å². The fourth-order valence-corrected chi connectivity index (χ4v) is 3.59. The number of amidine groups is 2. The predicted molar refractivity (Wildman–Crippen MR) is 81.3 cm³/mol. The highest BCUT2D eigenvalue weighted by Crippen LogP contribution is 2.15. The lowest BCUT2D eigenvalue weighted by molar-refractivity contribution is 0.591. The Balaban J connectivity index is 1.81. The molecule has 1 aromatic rings. The molecule has 0 bridgehead atoms. The molecule has 110 valence electrons. The van der Waals surface area contributed by atoms with E-state index in [1.807, 2.05) is 0 Å². The average molecular weight is 335 g/mol. The van der Waals surface area contributed by atoms with Crippen molar-refractivity contribution in [3.05, 3.63) is 5.69 Å². The summed E-state index contributed by atoms with van der Waals surface area (Å²) >= 11 is 2.68. The van der Waals surface area contributed by atoms with Gasteiger partial charge >= 0.3 is 10.2 Å². The van der Waals surface area contributed by atoms with Crippen LogP contribution in [0, 0.1) is 0 Å². The van der Waals surface area contributed by atoms with Gasteiger partial charge in [0.15, 0.2) is 17.5 Å². The summed E-state index contributed by atoms with van der Waals surface area (Å²) in [5.41, 5.74) is 6.39. The zero-order chi connectivity index (χ0) is 14.6. The minimum absolute atomic E-state index is 0.225. The van der Waals surface area contributed by atoms with E-state index in [-0.39, 0.29) is 11.7 Å². The topological polar surface area (TPSA) is 135 Å². The maximum Gasteiger partial charge on any atom is 0.324 e. The molecule has 4 N–H and O–H groups in total. The summed E-state index contributed by atoms with van der Waals surface area (Å²) in [5, 5.41) is 0. The van der Waals surface area contributed by atoms with E-state index in [4.69, 9.17) is 5.73 Å². The summed E-state index contributed by atoms with van der Waals surface area (Å²) in [4.78, 5) is 7.97. The third-order valence-electron chi connectivity index (χ3n) is 2.24. The van der Waals surface area contributed by atoms with Gasteiger partial charge in [-0.3, -0.25) is 9.98 Å². The quantitative estimate of drug-likeness (QED) is 0.604. The Kier molecular flexibility index (Phi) is 4.77. The molecule has 0 amide bonds. The molecule has 0 saturated carbocycles. The summed E-state index contributed by atoms with van der Waals surface area (Å²) < 4.78 is 35.0. The highest BCUT2D eigenvalue weighted by atomic mass is 32.2. The fourth-order valence-electron chi connectivity index (χ4n) is 1.34. The van der Waals surface area contributed by atoms with Crippen molar-refractivity contribution in [2.24, 2.45) is 9.98 Å². The van der Waals surface area contributed by atoms with Crippen molar-refractivity contribution in [3.8, 4) is 0 Å². The summed E-state index contributed by atoms with van der Waals surface area (Å²) in [6, 6.07) is 0. The van der Waals surface area contributed by atoms with Gasteiger partial charge in [-0.15, -0.1) is 0 Å². The smallest absolute Gasteiger partial charge is 0.324 e. The molecule has 0 aromatic carbocycles. The molecule has 0 aliphatic carbocycles. The van der Waals surface area contributed by atoms with Gasteiger partial charge in [0.2, 0.25) is 0 Å². The molecule has 9 nitrogen and oxygen atoms in total. The van der Waals surface area contributed by atoms with Crippen LogP contribution in [0.3, 0.4) is 0 Å².